The van der Waals surface area contributed by atoms with Crippen LogP contribution >= 0.6 is 0 Å². The summed E-state index contributed by atoms with van der Waals surface area (Å²) in [5, 5.41) is 3.48. The topological polar surface area (TPSA) is 21.3 Å². The van der Waals surface area contributed by atoms with Gasteiger partial charge in [-0.05, 0) is 32.2 Å². The van der Waals surface area contributed by atoms with Gasteiger partial charge in [-0.2, -0.15) is 0 Å². The van der Waals surface area contributed by atoms with Crippen LogP contribution < -0.4 is 5.32 Å². The van der Waals surface area contributed by atoms with Crippen molar-refractivity contribution in [3.63, 3.8) is 0 Å². The quantitative estimate of drug-likeness (QED) is 0.516. The van der Waals surface area contributed by atoms with Gasteiger partial charge in [-0.15, -0.1) is 0 Å². The summed E-state index contributed by atoms with van der Waals surface area (Å²) < 4.78 is 5.41. The molecule has 1 fully saturated rings. The first kappa shape index (κ1) is 12.7. The molecule has 1 aliphatic carbocycles. The Hall–Kier alpha value is -0.340. The average Bonchev–Trinajstić information content (AvgIpc) is 2.29. The smallest absolute Gasteiger partial charge is 0.0647 e. The molecule has 0 heterocycles. The van der Waals surface area contributed by atoms with Crippen LogP contribution in [0.1, 0.15) is 39.0 Å². The molecule has 1 saturated carbocycles. The highest BCUT2D eigenvalue weighted by Gasteiger charge is 2.11. The molecule has 2 heteroatoms. The summed E-state index contributed by atoms with van der Waals surface area (Å²) in [6.45, 7) is 5.78. The van der Waals surface area contributed by atoms with Gasteiger partial charge >= 0.3 is 0 Å². The third kappa shape index (κ3) is 6.69. The predicted octanol–water partition coefficient (Wildman–Crippen LogP) is 2.75. The maximum atomic E-state index is 5.41. The third-order valence-electron chi connectivity index (χ3n) is 3.03. The number of nitrogens with one attached hydrogen (secondary N) is 1. The van der Waals surface area contributed by atoms with Gasteiger partial charge in [0.15, 0.2) is 0 Å². The maximum absolute atomic E-state index is 5.41. The Morgan fingerprint density at radius 2 is 2.07 bits per heavy atom. The lowest BCUT2D eigenvalue weighted by atomic mass is 9.89. The number of hydrogen-bond acceptors (Lipinski definition) is 2. The zero-order chi connectivity index (χ0) is 10.8. The third-order valence-corrected chi connectivity index (χ3v) is 3.03. The minimum Gasteiger partial charge on any atom is -0.376 e. The molecule has 0 spiro atoms. The Bertz CT molecular complexity index is 162. The highest BCUT2D eigenvalue weighted by molar-refractivity contribution is 4.75. The van der Waals surface area contributed by atoms with Crippen LogP contribution in [-0.4, -0.2) is 26.3 Å². The van der Waals surface area contributed by atoms with E-state index in [9.17, 15) is 0 Å². The normalized spacial score (nSPS) is 18.7. The molecule has 0 aromatic carbocycles. The van der Waals surface area contributed by atoms with Crippen LogP contribution in [0.4, 0.5) is 0 Å². The fourth-order valence-electron chi connectivity index (χ4n) is 2.09. The van der Waals surface area contributed by atoms with Gasteiger partial charge in [0, 0.05) is 6.54 Å². The first-order chi connectivity index (χ1) is 7.43. The van der Waals surface area contributed by atoms with E-state index in [0.29, 0.717) is 0 Å². The lowest BCUT2D eigenvalue weighted by molar-refractivity contribution is 0.161. The van der Waals surface area contributed by atoms with Crippen molar-refractivity contribution < 1.29 is 4.74 Å². The van der Waals surface area contributed by atoms with E-state index in [1.54, 1.807) is 0 Å². The summed E-state index contributed by atoms with van der Waals surface area (Å²) in [5.41, 5.74) is 0. The van der Waals surface area contributed by atoms with Crippen molar-refractivity contribution in [2.24, 2.45) is 5.92 Å². The van der Waals surface area contributed by atoms with E-state index in [-0.39, 0.29) is 0 Å². The van der Waals surface area contributed by atoms with Crippen LogP contribution in [0.25, 0.3) is 0 Å². The van der Waals surface area contributed by atoms with Crippen molar-refractivity contribution >= 4 is 0 Å². The average molecular weight is 211 g/mol. The maximum Gasteiger partial charge on any atom is 0.0647 e. The Kier molecular flexibility index (Phi) is 7.58. The molecule has 0 saturated heterocycles. The molecule has 2 nitrogen and oxygen atoms in total. The van der Waals surface area contributed by atoms with Crippen LogP contribution in [0.15, 0.2) is 12.2 Å². The van der Waals surface area contributed by atoms with Crippen molar-refractivity contribution in [2.45, 2.75) is 39.0 Å². The molecule has 0 amide bonds. The van der Waals surface area contributed by atoms with Crippen LogP contribution in [0.2, 0.25) is 0 Å². The zero-order valence-electron chi connectivity index (χ0n) is 10.0. The number of hydrogen-bond donors (Lipinski definition) is 1. The monoisotopic (exact) mass is 211 g/mol. The van der Waals surface area contributed by atoms with E-state index in [1.807, 2.05) is 19.1 Å². The zero-order valence-corrected chi connectivity index (χ0v) is 10.0. The first-order valence-electron chi connectivity index (χ1n) is 6.33. The second-order valence-electron chi connectivity index (χ2n) is 4.35. The van der Waals surface area contributed by atoms with E-state index in [0.717, 1.165) is 25.7 Å². The predicted molar refractivity (Wildman–Crippen MR) is 65.1 cm³/mol. The Morgan fingerprint density at radius 1 is 1.27 bits per heavy atom. The Morgan fingerprint density at radius 3 is 2.80 bits per heavy atom. The molecular weight excluding hydrogens is 186 g/mol. The van der Waals surface area contributed by atoms with Crippen LogP contribution in [0.3, 0.4) is 0 Å². The molecule has 0 aromatic heterocycles. The summed E-state index contributed by atoms with van der Waals surface area (Å²) in [4.78, 5) is 0. The summed E-state index contributed by atoms with van der Waals surface area (Å²) in [7, 11) is 0. The van der Waals surface area contributed by atoms with Gasteiger partial charge in [-0.1, -0.05) is 31.4 Å². The number of rotatable bonds is 7. The molecule has 0 aromatic rings. The van der Waals surface area contributed by atoms with Crippen LogP contribution in [0, 0.1) is 5.92 Å². The van der Waals surface area contributed by atoms with E-state index >= 15 is 0 Å². The standard InChI is InChI=1S/C13H25NO/c1-2-3-10-15-11-9-14-12-13-7-5-4-6-8-13/h2-3,13-14H,4-12H2,1H3. The summed E-state index contributed by atoms with van der Waals surface area (Å²) >= 11 is 0. The number of ether oxygens (including phenoxy) is 1. The molecule has 1 rings (SSSR count). The molecule has 15 heavy (non-hydrogen) atoms. The Labute approximate surface area is 94.1 Å². The van der Waals surface area contributed by atoms with Gasteiger partial charge < -0.3 is 10.1 Å². The summed E-state index contributed by atoms with van der Waals surface area (Å²) in [5.74, 6) is 0.925. The van der Waals surface area contributed by atoms with Crippen molar-refractivity contribution in [3.05, 3.63) is 12.2 Å². The van der Waals surface area contributed by atoms with Gasteiger partial charge in [-0.3, -0.25) is 0 Å². The van der Waals surface area contributed by atoms with Gasteiger partial charge in [-0.25, -0.2) is 0 Å². The van der Waals surface area contributed by atoms with E-state index < -0.39 is 0 Å². The van der Waals surface area contributed by atoms with Gasteiger partial charge in [0.1, 0.15) is 0 Å². The fraction of sp³-hybridized carbons (Fsp3) is 0.846. The minimum atomic E-state index is 0.752. The van der Waals surface area contributed by atoms with Gasteiger partial charge in [0.25, 0.3) is 0 Å². The highest BCUT2D eigenvalue weighted by Crippen LogP contribution is 2.22. The van der Waals surface area contributed by atoms with Gasteiger partial charge in [0.2, 0.25) is 0 Å². The molecule has 0 bridgehead atoms. The minimum absolute atomic E-state index is 0.752. The summed E-state index contributed by atoms with van der Waals surface area (Å²) in [6.07, 6.45) is 11.2. The molecule has 0 aliphatic heterocycles. The largest absolute Gasteiger partial charge is 0.376 e. The molecule has 1 N–H and O–H groups in total. The van der Waals surface area contributed by atoms with Crippen molar-refractivity contribution in [1.29, 1.82) is 0 Å². The molecule has 0 radical (unpaired) electrons. The first-order valence-corrected chi connectivity index (χ1v) is 6.33. The highest BCUT2D eigenvalue weighted by atomic mass is 16.5. The van der Waals surface area contributed by atoms with Crippen LogP contribution in [-0.2, 0) is 4.74 Å². The second kappa shape index (κ2) is 8.93. The van der Waals surface area contributed by atoms with E-state index in [4.69, 9.17) is 4.74 Å². The van der Waals surface area contributed by atoms with Gasteiger partial charge in [0.05, 0.1) is 13.2 Å². The van der Waals surface area contributed by atoms with E-state index in [1.165, 1.54) is 38.6 Å². The van der Waals surface area contributed by atoms with Crippen molar-refractivity contribution in [2.75, 3.05) is 26.3 Å². The lowest BCUT2D eigenvalue weighted by Gasteiger charge is -2.21. The fourth-order valence-corrected chi connectivity index (χ4v) is 2.09. The van der Waals surface area contributed by atoms with E-state index in [2.05, 4.69) is 5.32 Å². The molecular formula is C13H25NO. The molecule has 88 valence electrons. The number of allylic oxidation sites excluding steroid dienone is 1. The molecule has 1 aliphatic rings. The van der Waals surface area contributed by atoms with Crippen LogP contribution in [0.5, 0.6) is 0 Å². The lowest BCUT2D eigenvalue weighted by Crippen LogP contribution is -2.27. The SMILES string of the molecule is CC=CCOCCNCC1CCCCC1. The summed E-state index contributed by atoms with van der Waals surface area (Å²) in [6, 6.07) is 0. The van der Waals surface area contributed by atoms with Crippen molar-refractivity contribution in [3.8, 4) is 0 Å². The molecule has 0 atom stereocenters. The molecule has 0 unspecified atom stereocenters. The Balaban J connectivity index is 1.83. The van der Waals surface area contributed by atoms with Crippen molar-refractivity contribution in [1.82, 2.24) is 5.32 Å². The second-order valence-corrected chi connectivity index (χ2v) is 4.35.